The maximum atomic E-state index is 5.63. The monoisotopic (exact) mass is 176 g/mol. The van der Waals surface area contributed by atoms with Crippen molar-refractivity contribution in [3.05, 3.63) is 23.3 Å². The number of nitrogens with zero attached hydrogens (tertiary/aromatic N) is 1. The predicted octanol–water partition coefficient (Wildman–Crippen LogP) is 1.22. The molecule has 0 bridgehead atoms. The Labute approximate surface area is 80.7 Å². The van der Waals surface area contributed by atoms with Crippen LogP contribution in [0.2, 0.25) is 0 Å². The maximum absolute atomic E-state index is 5.63. The van der Waals surface area contributed by atoms with E-state index in [1.165, 1.54) is 0 Å². The molecule has 12 heavy (non-hydrogen) atoms. The van der Waals surface area contributed by atoms with Crippen molar-refractivity contribution in [2.75, 3.05) is 7.05 Å². The molecule has 0 aromatic carbocycles. The molecule has 0 rings (SSSR count). The second kappa shape index (κ2) is 5.15. The van der Waals surface area contributed by atoms with E-state index in [1.54, 1.807) is 13.1 Å². The number of hydrogen-bond acceptors (Lipinski definition) is 1. The summed E-state index contributed by atoms with van der Waals surface area (Å²) in [5.74, 6) is 0. The van der Waals surface area contributed by atoms with E-state index in [9.17, 15) is 0 Å². The molecule has 0 saturated carbocycles. The van der Waals surface area contributed by atoms with Crippen molar-refractivity contribution in [3.63, 3.8) is 0 Å². The third-order valence-corrected chi connectivity index (χ3v) is 1.62. The molecule has 0 aromatic heterocycles. The Morgan fingerprint density at radius 3 is 2.33 bits per heavy atom. The number of halogens is 1. The van der Waals surface area contributed by atoms with E-state index in [0.29, 0.717) is 10.7 Å². The van der Waals surface area contributed by atoms with E-state index >= 15 is 0 Å². The van der Waals surface area contributed by atoms with Gasteiger partial charge in [0.15, 0.2) is 0 Å². The molecule has 0 fully saturated rings. The van der Waals surface area contributed by atoms with Gasteiger partial charge in [-0.1, -0.05) is 0 Å². The van der Waals surface area contributed by atoms with Crippen molar-refractivity contribution in [2.45, 2.75) is 6.92 Å². The zero-order valence-corrected chi connectivity index (χ0v) is 8.02. The molecule has 0 amide bonds. The van der Waals surface area contributed by atoms with Crippen molar-refractivity contribution >= 4 is 38.0 Å². The van der Waals surface area contributed by atoms with E-state index in [2.05, 4.69) is 11.6 Å². The zero-order chi connectivity index (χ0) is 9.72. The molecule has 59 valence electrons. The van der Waals surface area contributed by atoms with Gasteiger partial charge in [0.1, 0.15) is 0 Å². The fraction of sp³-hybridized carbons (Fsp3) is 0.250. The number of aliphatic imine (C=N–C) groups is 1. The quantitative estimate of drug-likeness (QED) is 0.348. The van der Waals surface area contributed by atoms with Crippen molar-refractivity contribution < 1.29 is 0 Å². The van der Waals surface area contributed by atoms with Crippen molar-refractivity contribution in [3.8, 4) is 0 Å². The van der Waals surface area contributed by atoms with Crippen LogP contribution in [0.25, 0.3) is 0 Å². The molecule has 0 aromatic rings. The summed E-state index contributed by atoms with van der Waals surface area (Å²) in [6.07, 6.45) is 1.69. The van der Waals surface area contributed by atoms with Gasteiger partial charge >= 0.3 is 80.2 Å². The zero-order valence-electron chi connectivity index (χ0n) is 7.26. The molecule has 1 nitrogen and oxygen atoms in total. The van der Waals surface area contributed by atoms with E-state index in [-0.39, 0.29) is 5.36 Å². The molecule has 0 aliphatic carbocycles. The minimum absolute atomic E-state index is 0.176. The van der Waals surface area contributed by atoms with Gasteiger partial charge in [-0.15, -0.1) is 0 Å². The summed E-state index contributed by atoms with van der Waals surface area (Å²) in [7, 11) is 12.3. The van der Waals surface area contributed by atoms with Crippen LogP contribution in [0, 0.1) is 0 Å². The first-order valence-corrected chi connectivity index (χ1v) is 3.75. The van der Waals surface area contributed by atoms with Gasteiger partial charge in [-0.3, -0.25) is 0 Å². The summed E-state index contributed by atoms with van der Waals surface area (Å²) in [4.78, 5) is 3.86. The Morgan fingerprint density at radius 1 is 1.58 bits per heavy atom. The number of rotatable bonds is 3. The van der Waals surface area contributed by atoms with E-state index in [1.807, 2.05) is 6.92 Å². The summed E-state index contributed by atoms with van der Waals surface area (Å²) < 4.78 is 0. The first kappa shape index (κ1) is 11.4. The fourth-order valence-electron chi connectivity index (χ4n) is 0.560. The van der Waals surface area contributed by atoms with Crippen LogP contribution in [0.5, 0.6) is 0 Å². The second-order valence-electron chi connectivity index (χ2n) is 2.30. The molecule has 0 aliphatic heterocycles. The van der Waals surface area contributed by atoms with Gasteiger partial charge in [-0.2, -0.15) is 0 Å². The van der Waals surface area contributed by atoms with Crippen LogP contribution >= 0.6 is 11.6 Å². The van der Waals surface area contributed by atoms with E-state index in [4.69, 9.17) is 26.9 Å². The van der Waals surface area contributed by atoms with E-state index in [0.717, 1.165) is 5.57 Å². The normalized spacial score (nSPS) is 12.8. The van der Waals surface area contributed by atoms with Crippen LogP contribution in [-0.2, 0) is 0 Å². The molecule has 0 heterocycles. The Bertz CT molecular complexity index is 266. The van der Waals surface area contributed by atoms with Crippen LogP contribution in [0.15, 0.2) is 28.3 Å². The first-order chi connectivity index (χ1) is 5.49. The summed E-state index contributed by atoms with van der Waals surface area (Å²) in [5.41, 5.74) is 1.32. The molecule has 0 N–H and O–H groups in total. The van der Waals surface area contributed by atoms with Crippen LogP contribution in [-0.4, -0.2) is 33.5 Å². The van der Waals surface area contributed by atoms with Crippen LogP contribution < -0.4 is 0 Å². The summed E-state index contributed by atoms with van der Waals surface area (Å²) in [5, 5.41) is 0.632. The molecular weight excluding hydrogens is 167 g/mol. The molecule has 0 spiro atoms. The summed E-state index contributed by atoms with van der Waals surface area (Å²) in [6.45, 7) is 5.36. The van der Waals surface area contributed by atoms with E-state index < -0.39 is 0 Å². The Hall–Kier alpha value is -0.560. The van der Waals surface area contributed by atoms with Crippen molar-refractivity contribution in [2.24, 2.45) is 4.99 Å². The standard InChI is InChI=1S/C8H9B2ClN/c1-5(6(2)11)4-7(12-3)8(9)10/h4H,2H2,1,3H3/b5-4+,12-7?. The Balaban J connectivity index is 4.72. The van der Waals surface area contributed by atoms with Gasteiger partial charge in [-0.25, -0.2) is 0 Å². The SMILES string of the molecule is [B]C(=[B])C(/C=C(\C)C(=C)Cl)=NC. The van der Waals surface area contributed by atoms with Crippen LogP contribution in [0.3, 0.4) is 0 Å². The van der Waals surface area contributed by atoms with Gasteiger partial charge in [0.25, 0.3) is 0 Å². The molecule has 3 radical (unpaired) electrons. The Kier molecular flexibility index (Phi) is 4.91. The van der Waals surface area contributed by atoms with Gasteiger partial charge in [-0.05, 0) is 0 Å². The fourth-order valence-corrected chi connectivity index (χ4v) is 0.615. The number of hydrogen-bond donors (Lipinski definition) is 0. The van der Waals surface area contributed by atoms with Crippen LogP contribution in [0.4, 0.5) is 0 Å². The molecule has 0 unspecified atom stereocenters. The third kappa shape index (κ3) is 3.72. The topological polar surface area (TPSA) is 12.4 Å². The molecule has 4 heteroatoms. The molecule has 0 aliphatic rings. The van der Waals surface area contributed by atoms with Gasteiger partial charge in [0.2, 0.25) is 0 Å². The molecule has 0 saturated heterocycles. The van der Waals surface area contributed by atoms with Gasteiger partial charge in [0.05, 0.1) is 0 Å². The number of allylic oxidation sites excluding steroid dienone is 3. The first-order valence-electron chi connectivity index (χ1n) is 3.37. The second-order valence-corrected chi connectivity index (χ2v) is 2.75. The Morgan fingerprint density at radius 2 is 2.08 bits per heavy atom. The van der Waals surface area contributed by atoms with Crippen molar-refractivity contribution in [1.29, 1.82) is 0 Å². The third-order valence-electron chi connectivity index (χ3n) is 1.32. The average molecular weight is 176 g/mol. The summed E-state index contributed by atoms with van der Waals surface area (Å²) in [6, 6.07) is 0. The predicted molar refractivity (Wildman–Crippen MR) is 58.6 cm³/mol. The van der Waals surface area contributed by atoms with Crippen LogP contribution in [0.1, 0.15) is 6.92 Å². The summed E-state index contributed by atoms with van der Waals surface area (Å²) >= 11 is 5.63. The van der Waals surface area contributed by atoms with Gasteiger partial charge < -0.3 is 0 Å². The molecule has 0 atom stereocenters. The molecular formula is C8H9B2ClN. The average Bonchev–Trinajstić information content (AvgIpc) is 1.98. The van der Waals surface area contributed by atoms with Crippen molar-refractivity contribution in [1.82, 2.24) is 0 Å². The van der Waals surface area contributed by atoms with Gasteiger partial charge in [0, 0.05) is 0 Å². The minimum atomic E-state index is 0.176.